The molecule has 2 rings (SSSR count). The van der Waals surface area contributed by atoms with Crippen molar-refractivity contribution in [3.63, 3.8) is 0 Å². The smallest absolute Gasteiger partial charge is 0.241 e. The second kappa shape index (κ2) is 10.9. The van der Waals surface area contributed by atoms with Crippen LogP contribution in [0.15, 0.2) is 11.4 Å². The van der Waals surface area contributed by atoms with E-state index in [1.807, 2.05) is 11.9 Å². The molecule has 2 aliphatic heterocycles. The molecule has 7 atom stereocenters. The molecule has 0 aromatic rings. The van der Waals surface area contributed by atoms with Crippen LogP contribution in [0.4, 0.5) is 0 Å². The normalized spacial score (nSPS) is 36.6. The van der Waals surface area contributed by atoms with Crippen LogP contribution >= 0.6 is 11.8 Å². The topological polar surface area (TPSA) is 124 Å². The van der Waals surface area contributed by atoms with Gasteiger partial charge in [0, 0.05) is 6.54 Å². The number of hydrogen-bond acceptors (Lipinski definition) is 9. The van der Waals surface area contributed by atoms with Crippen molar-refractivity contribution in [1.82, 2.24) is 15.7 Å². The van der Waals surface area contributed by atoms with Crippen LogP contribution in [0.25, 0.3) is 0 Å². The highest BCUT2D eigenvalue weighted by molar-refractivity contribution is 7.99. The Morgan fingerprint density at radius 1 is 1.28 bits per heavy atom. The predicted molar refractivity (Wildman–Crippen MR) is 111 cm³/mol. The molecule has 0 saturated carbocycles. The van der Waals surface area contributed by atoms with Crippen molar-refractivity contribution in [1.29, 1.82) is 0 Å². The lowest BCUT2D eigenvalue weighted by Gasteiger charge is -2.41. The molecule has 2 heterocycles. The number of likely N-dealkylation sites (tertiary alicyclic amines) is 1. The van der Waals surface area contributed by atoms with Crippen molar-refractivity contribution in [3.8, 4) is 0 Å². The van der Waals surface area contributed by atoms with Crippen molar-refractivity contribution >= 4 is 17.7 Å². The molecular weight excluding hydrogens is 398 g/mol. The Kier molecular flexibility index (Phi) is 9.20. The summed E-state index contributed by atoms with van der Waals surface area (Å²) in [6.45, 7) is 4.68. The number of ether oxygens (including phenoxy) is 1. The molecule has 0 radical (unpaired) electrons. The summed E-state index contributed by atoms with van der Waals surface area (Å²) in [4.78, 5) is 20.1. The van der Waals surface area contributed by atoms with Crippen molar-refractivity contribution in [2.45, 2.75) is 69.0 Å². The number of likely N-dealkylation sites (N-methyl/N-ethyl adjacent to an activating group) is 1. The molecule has 7 unspecified atom stereocenters. The fourth-order valence-electron chi connectivity index (χ4n) is 4.11. The van der Waals surface area contributed by atoms with E-state index in [1.165, 1.54) is 18.9 Å². The van der Waals surface area contributed by atoms with Gasteiger partial charge in [-0.1, -0.05) is 13.3 Å². The van der Waals surface area contributed by atoms with E-state index in [0.29, 0.717) is 11.6 Å². The van der Waals surface area contributed by atoms with Gasteiger partial charge in [0.15, 0.2) is 0 Å². The molecule has 0 bridgehead atoms. The third-order valence-corrected chi connectivity index (χ3v) is 6.49. The average molecular weight is 434 g/mol. The van der Waals surface area contributed by atoms with Gasteiger partial charge in [0.05, 0.1) is 24.5 Å². The van der Waals surface area contributed by atoms with Crippen molar-refractivity contribution in [2.24, 2.45) is 5.92 Å². The van der Waals surface area contributed by atoms with Crippen LogP contribution in [0.2, 0.25) is 0 Å². The maximum absolute atomic E-state index is 13.1. The molecule has 2 fully saturated rings. The number of nitrogens with one attached hydrogen (secondary N) is 2. The molecule has 29 heavy (non-hydrogen) atoms. The fraction of sp³-hybridized carbons (Fsp3) is 0.842. The number of thioether (sulfide) groups is 1. The first-order chi connectivity index (χ1) is 13.7. The lowest BCUT2D eigenvalue weighted by molar-refractivity contribution is -0.189. The van der Waals surface area contributed by atoms with E-state index >= 15 is 0 Å². The first kappa shape index (κ1) is 24.4. The number of hydroxylamine groups is 1. The van der Waals surface area contributed by atoms with Crippen LogP contribution in [0.3, 0.4) is 0 Å². The van der Waals surface area contributed by atoms with E-state index in [4.69, 9.17) is 9.57 Å². The number of aliphatic hydroxyl groups is 3. The van der Waals surface area contributed by atoms with Gasteiger partial charge < -0.3 is 25.4 Å². The number of allylic oxidation sites excluding steroid dienone is 1. The first-order valence-electron chi connectivity index (χ1n) is 9.98. The summed E-state index contributed by atoms with van der Waals surface area (Å²) in [5, 5.41) is 33.8. The zero-order valence-electron chi connectivity index (χ0n) is 17.8. The summed E-state index contributed by atoms with van der Waals surface area (Å²) in [7, 11) is 3.36. The molecular formula is C19H35N3O6S. The van der Waals surface area contributed by atoms with E-state index in [0.717, 1.165) is 25.8 Å². The zero-order valence-corrected chi connectivity index (χ0v) is 18.6. The summed E-state index contributed by atoms with van der Waals surface area (Å²) in [5.41, 5.74) is 2.64. The van der Waals surface area contributed by atoms with Gasteiger partial charge in [0.1, 0.15) is 29.9 Å². The lowest BCUT2D eigenvalue weighted by atomic mass is 9.96. The third-order valence-electron chi connectivity index (χ3n) is 5.64. The Labute approximate surface area is 176 Å². The van der Waals surface area contributed by atoms with E-state index in [-0.39, 0.29) is 17.6 Å². The van der Waals surface area contributed by atoms with Gasteiger partial charge in [-0.3, -0.25) is 20.0 Å². The number of carbonyl (C=O) groups is 1. The highest BCUT2D eigenvalue weighted by Gasteiger charge is 2.46. The van der Waals surface area contributed by atoms with Gasteiger partial charge in [-0.25, -0.2) is 0 Å². The molecule has 0 spiro atoms. The predicted octanol–water partition coefficient (Wildman–Crippen LogP) is -0.224. The molecule has 1 amide bonds. The molecule has 5 N–H and O–H groups in total. The van der Waals surface area contributed by atoms with Gasteiger partial charge in [-0.05, 0) is 39.0 Å². The fourth-order valence-corrected chi connectivity index (χ4v) is 4.78. The van der Waals surface area contributed by atoms with Crippen molar-refractivity contribution in [3.05, 3.63) is 11.4 Å². The molecule has 168 valence electrons. The Balaban J connectivity index is 2.23. The summed E-state index contributed by atoms with van der Waals surface area (Å²) < 4.78 is 5.83. The maximum atomic E-state index is 13.1. The molecule has 2 aliphatic rings. The van der Waals surface area contributed by atoms with Crippen LogP contribution in [0, 0.1) is 5.92 Å². The molecule has 0 aromatic carbocycles. The van der Waals surface area contributed by atoms with Crippen LogP contribution in [0.1, 0.15) is 33.1 Å². The first-order valence-corrected chi connectivity index (χ1v) is 11.3. The van der Waals surface area contributed by atoms with Gasteiger partial charge >= 0.3 is 0 Å². The molecule has 10 heteroatoms. The minimum absolute atomic E-state index is 0.199. The quantitative estimate of drug-likeness (QED) is 0.330. The minimum Gasteiger partial charge on any atom is -0.387 e. The Hall–Kier alpha value is -0.880. The van der Waals surface area contributed by atoms with Crippen LogP contribution < -0.4 is 10.8 Å². The molecule has 0 aromatic heterocycles. The SMILES string of the molecule is CCCC1CC(C(=O)NC(=C(C)NOC)C2OC(SC)C(O)C(O)C2O)N(C)C1. The van der Waals surface area contributed by atoms with Crippen molar-refractivity contribution < 1.29 is 29.7 Å². The van der Waals surface area contributed by atoms with Gasteiger partial charge in [0.25, 0.3) is 0 Å². The highest BCUT2D eigenvalue weighted by Crippen LogP contribution is 2.31. The Morgan fingerprint density at radius 3 is 2.55 bits per heavy atom. The van der Waals surface area contributed by atoms with Gasteiger partial charge in [-0.2, -0.15) is 0 Å². The third kappa shape index (κ3) is 5.63. The monoisotopic (exact) mass is 433 g/mol. The Morgan fingerprint density at radius 2 is 1.97 bits per heavy atom. The molecule has 0 aliphatic carbocycles. The number of carbonyl (C=O) groups excluding carboxylic acids is 1. The molecule has 9 nitrogen and oxygen atoms in total. The van der Waals surface area contributed by atoms with Crippen molar-refractivity contribution in [2.75, 3.05) is 27.0 Å². The number of hydrogen-bond donors (Lipinski definition) is 5. The number of nitrogens with zero attached hydrogens (tertiary/aromatic N) is 1. The lowest BCUT2D eigenvalue weighted by Crippen LogP contribution is -2.59. The number of rotatable bonds is 8. The minimum atomic E-state index is -1.41. The Bertz CT molecular complexity index is 590. The van der Waals surface area contributed by atoms with Gasteiger partial charge in [0.2, 0.25) is 5.91 Å². The van der Waals surface area contributed by atoms with Crippen LogP contribution in [0.5, 0.6) is 0 Å². The second-order valence-electron chi connectivity index (χ2n) is 7.81. The summed E-state index contributed by atoms with van der Waals surface area (Å²) >= 11 is 1.22. The number of aliphatic hydroxyl groups excluding tert-OH is 3. The standard InChI is InChI=1S/C19H35N3O6S/c1-6-7-11-8-12(22(3)9-11)18(26)20-13(10(2)21-27-4)17-15(24)14(23)16(25)19(28-17)29-5/h11-12,14-17,19,21,23-25H,6-9H2,1-5H3,(H,20,26). The maximum Gasteiger partial charge on any atom is 0.241 e. The van der Waals surface area contributed by atoms with E-state index in [9.17, 15) is 20.1 Å². The van der Waals surface area contributed by atoms with Crippen LogP contribution in [-0.2, 0) is 14.4 Å². The second-order valence-corrected chi connectivity index (χ2v) is 8.75. The van der Waals surface area contributed by atoms with Gasteiger partial charge in [-0.15, -0.1) is 11.8 Å². The van der Waals surface area contributed by atoms with E-state index < -0.39 is 29.9 Å². The molecule has 2 saturated heterocycles. The van der Waals surface area contributed by atoms with E-state index in [2.05, 4.69) is 17.7 Å². The van der Waals surface area contributed by atoms with Crippen LogP contribution in [-0.4, -0.2) is 89.0 Å². The largest absolute Gasteiger partial charge is 0.387 e. The zero-order chi connectivity index (χ0) is 21.7. The van der Waals surface area contributed by atoms with E-state index in [1.54, 1.807) is 13.2 Å². The highest BCUT2D eigenvalue weighted by atomic mass is 32.2. The summed E-state index contributed by atoms with van der Waals surface area (Å²) in [5.74, 6) is 0.274. The summed E-state index contributed by atoms with van der Waals surface area (Å²) in [6.07, 6.45) is -0.432. The summed E-state index contributed by atoms with van der Waals surface area (Å²) in [6, 6.07) is -0.288. The number of amides is 1. The average Bonchev–Trinajstić information content (AvgIpc) is 3.05.